The van der Waals surface area contributed by atoms with Gasteiger partial charge < -0.3 is 10.2 Å². The predicted octanol–water partition coefficient (Wildman–Crippen LogP) is 1.80. The molecule has 2 amide bonds. The Kier molecular flexibility index (Phi) is 6.34. The van der Waals surface area contributed by atoms with Crippen molar-refractivity contribution < 1.29 is 9.59 Å². The summed E-state index contributed by atoms with van der Waals surface area (Å²) < 4.78 is 0. The molecule has 0 spiro atoms. The van der Waals surface area contributed by atoms with Crippen molar-refractivity contribution in [2.45, 2.75) is 39.7 Å². The van der Waals surface area contributed by atoms with Gasteiger partial charge in [-0.25, -0.2) is 0 Å². The fourth-order valence-electron chi connectivity index (χ4n) is 2.26. The number of pyridine rings is 1. The number of carbonyl (C=O) groups excluding carboxylic acids is 2. The van der Waals surface area contributed by atoms with E-state index in [9.17, 15) is 9.59 Å². The first-order chi connectivity index (χ1) is 9.88. The molecule has 5 nitrogen and oxygen atoms in total. The van der Waals surface area contributed by atoms with Gasteiger partial charge in [0.05, 0.1) is 5.92 Å². The Bertz CT molecular complexity index is 474. The molecule has 0 fully saturated rings. The number of hydrogen-bond donors (Lipinski definition) is 1. The largest absolute Gasteiger partial charge is 0.344 e. The summed E-state index contributed by atoms with van der Waals surface area (Å²) in [5.74, 6) is -0.349. The summed E-state index contributed by atoms with van der Waals surface area (Å²) in [7, 11) is 1.73. The van der Waals surface area contributed by atoms with Gasteiger partial charge in [-0.15, -0.1) is 0 Å². The first-order valence-corrected chi connectivity index (χ1v) is 7.33. The van der Waals surface area contributed by atoms with Crippen LogP contribution in [-0.2, 0) is 9.59 Å². The molecule has 1 aromatic rings. The lowest BCUT2D eigenvalue weighted by molar-refractivity contribution is -0.135. The second kappa shape index (κ2) is 7.76. The molecule has 0 aromatic carbocycles. The molecule has 21 heavy (non-hydrogen) atoms. The minimum atomic E-state index is -0.523. The van der Waals surface area contributed by atoms with Crippen molar-refractivity contribution in [3.8, 4) is 0 Å². The molecule has 1 N–H and O–H groups in total. The van der Waals surface area contributed by atoms with Crippen molar-refractivity contribution in [1.29, 1.82) is 0 Å². The first kappa shape index (κ1) is 17.1. The van der Waals surface area contributed by atoms with Crippen LogP contribution < -0.4 is 5.32 Å². The van der Waals surface area contributed by atoms with Crippen LogP contribution in [0.3, 0.4) is 0 Å². The number of carbonyl (C=O) groups is 2. The first-order valence-electron chi connectivity index (χ1n) is 7.33. The Hall–Kier alpha value is -1.91. The molecule has 2 atom stereocenters. The van der Waals surface area contributed by atoms with Gasteiger partial charge in [0.2, 0.25) is 11.8 Å². The van der Waals surface area contributed by atoms with E-state index in [1.54, 1.807) is 31.3 Å². The topological polar surface area (TPSA) is 62.3 Å². The standard InChI is InChI=1S/C16H25N3O2/c1-6-19(5)16(21)12(4)18-15(20)14(11(2)3)13-7-9-17-10-8-13/h7-12,14H,6H2,1-5H3,(H,18,20)/t12-,14+/m0/s1. The van der Waals surface area contributed by atoms with E-state index in [0.29, 0.717) is 6.54 Å². The molecule has 5 heteroatoms. The van der Waals surface area contributed by atoms with Crippen LogP contribution in [0.4, 0.5) is 0 Å². The maximum Gasteiger partial charge on any atom is 0.244 e. The third-order valence-corrected chi connectivity index (χ3v) is 3.59. The zero-order valence-electron chi connectivity index (χ0n) is 13.5. The molecular weight excluding hydrogens is 266 g/mol. The molecule has 1 heterocycles. The molecule has 0 aliphatic carbocycles. The second-order valence-corrected chi connectivity index (χ2v) is 5.58. The van der Waals surface area contributed by atoms with Gasteiger partial charge in [0, 0.05) is 26.0 Å². The lowest BCUT2D eigenvalue weighted by Gasteiger charge is -2.25. The van der Waals surface area contributed by atoms with E-state index in [1.807, 2.05) is 32.9 Å². The lowest BCUT2D eigenvalue weighted by Crippen LogP contribution is -2.47. The van der Waals surface area contributed by atoms with Crippen LogP contribution in [-0.4, -0.2) is 41.3 Å². The van der Waals surface area contributed by atoms with Crippen molar-refractivity contribution in [3.05, 3.63) is 30.1 Å². The number of likely N-dealkylation sites (N-methyl/N-ethyl adjacent to an activating group) is 1. The third kappa shape index (κ3) is 4.55. The van der Waals surface area contributed by atoms with E-state index >= 15 is 0 Å². The molecule has 0 aliphatic heterocycles. The van der Waals surface area contributed by atoms with Gasteiger partial charge in [-0.3, -0.25) is 14.6 Å². The predicted molar refractivity (Wildman–Crippen MR) is 82.7 cm³/mol. The molecule has 1 aromatic heterocycles. The van der Waals surface area contributed by atoms with E-state index in [0.717, 1.165) is 5.56 Å². The summed E-state index contributed by atoms with van der Waals surface area (Å²) >= 11 is 0. The zero-order chi connectivity index (χ0) is 16.0. The average Bonchev–Trinajstić information content (AvgIpc) is 2.46. The lowest BCUT2D eigenvalue weighted by atomic mass is 9.88. The molecule has 0 radical (unpaired) electrons. The molecule has 116 valence electrons. The number of hydrogen-bond acceptors (Lipinski definition) is 3. The van der Waals surface area contributed by atoms with Gasteiger partial charge in [0.15, 0.2) is 0 Å². The fourth-order valence-corrected chi connectivity index (χ4v) is 2.26. The summed E-state index contributed by atoms with van der Waals surface area (Å²) in [5, 5.41) is 2.82. The van der Waals surface area contributed by atoms with Gasteiger partial charge in [0.25, 0.3) is 0 Å². The second-order valence-electron chi connectivity index (χ2n) is 5.58. The fraction of sp³-hybridized carbons (Fsp3) is 0.562. The monoisotopic (exact) mass is 291 g/mol. The van der Waals surface area contributed by atoms with Crippen LogP contribution in [0, 0.1) is 5.92 Å². The minimum absolute atomic E-state index is 0.0805. The van der Waals surface area contributed by atoms with Gasteiger partial charge >= 0.3 is 0 Å². The van der Waals surface area contributed by atoms with Crippen LogP contribution in [0.15, 0.2) is 24.5 Å². The molecule has 0 saturated heterocycles. The Balaban J connectivity index is 2.82. The highest BCUT2D eigenvalue weighted by Crippen LogP contribution is 2.24. The van der Waals surface area contributed by atoms with Crippen LogP contribution in [0.1, 0.15) is 39.2 Å². The maximum absolute atomic E-state index is 12.5. The highest BCUT2D eigenvalue weighted by atomic mass is 16.2. The molecular formula is C16H25N3O2. The summed E-state index contributed by atoms with van der Waals surface area (Å²) in [6.07, 6.45) is 3.36. The molecule has 0 saturated carbocycles. The average molecular weight is 291 g/mol. The van der Waals surface area contributed by atoms with Crippen LogP contribution in [0.2, 0.25) is 0 Å². The van der Waals surface area contributed by atoms with Gasteiger partial charge in [-0.2, -0.15) is 0 Å². The summed E-state index contributed by atoms with van der Waals surface area (Å²) in [5.41, 5.74) is 0.918. The highest BCUT2D eigenvalue weighted by Gasteiger charge is 2.27. The van der Waals surface area contributed by atoms with Crippen LogP contribution >= 0.6 is 0 Å². The quantitative estimate of drug-likeness (QED) is 0.869. The normalized spacial score (nSPS) is 13.6. The van der Waals surface area contributed by atoms with E-state index < -0.39 is 6.04 Å². The van der Waals surface area contributed by atoms with E-state index in [2.05, 4.69) is 10.3 Å². The zero-order valence-corrected chi connectivity index (χ0v) is 13.5. The number of amides is 2. The number of nitrogens with one attached hydrogen (secondary N) is 1. The van der Waals surface area contributed by atoms with Crippen molar-refractivity contribution in [3.63, 3.8) is 0 Å². The Morgan fingerprint density at radius 3 is 2.29 bits per heavy atom. The maximum atomic E-state index is 12.5. The van der Waals surface area contributed by atoms with E-state index in [4.69, 9.17) is 0 Å². The summed E-state index contributed by atoms with van der Waals surface area (Å²) in [4.78, 5) is 30.1. The number of nitrogens with zero attached hydrogens (tertiary/aromatic N) is 2. The highest BCUT2D eigenvalue weighted by molar-refractivity contribution is 5.90. The van der Waals surface area contributed by atoms with E-state index in [-0.39, 0.29) is 23.7 Å². The van der Waals surface area contributed by atoms with Crippen LogP contribution in [0.25, 0.3) is 0 Å². The summed E-state index contributed by atoms with van der Waals surface area (Å²) in [6.45, 7) is 8.23. The Morgan fingerprint density at radius 2 is 1.81 bits per heavy atom. The van der Waals surface area contributed by atoms with Crippen molar-refractivity contribution in [1.82, 2.24) is 15.2 Å². The van der Waals surface area contributed by atoms with Crippen molar-refractivity contribution in [2.24, 2.45) is 5.92 Å². The van der Waals surface area contributed by atoms with Crippen molar-refractivity contribution >= 4 is 11.8 Å². The summed E-state index contributed by atoms with van der Waals surface area (Å²) in [6, 6.07) is 3.16. The van der Waals surface area contributed by atoms with E-state index in [1.165, 1.54) is 0 Å². The number of rotatable bonds is 6. The molecule has 0 bridgehead atoms. The minimum Gasteiger partial charge on any atom is -0.344 e. The smallest absolute Gasteiger partial charge is 0.244 e. The number of aromatic nitrogens is 1. The van der Waals surface area contributed by atoms with Gasteiger partial charge in [-0.1, -0.05) is 13.8 Å². The van der Waals surface area contributed by atoms with Crippen molar-refractivity contribution in [2.75, 3.05) is 13.6 Å². The Morgan fingerprint density at radius 1 is 1.24 bits per heavy atom. The van der Waals surface area contributed by atoms with Gasteiger partial charge in [-0.05, 0) is 37.5 Å². The molecule has 1 rings (SSSR count). The third-order valence-electron chi connectivity index (χ3n) is 3.59. The van der Waals surface area contributed by atoms with Crippen LogP contribution in [0.5, 0.6) is 0 Å². The molecule has 0 unspecified atom stereocenters. The Labute approximate surface area is 126 Å². The molecule has 0 aliphatic rings. The SMILES string of the molecule is CCN(C)C(=O)[C@H](C)NC(=O)[C@@H](c1ccncc1)C(C)C. The van der Waals surface area contributed by atoms with Gasteiger partial charge in [0.1, 0.15) is 6.04 Å².